The van der Waals surface area contributed by atoms with Gasteiger partial charge >= 0.3 is 0 Å². The van der Waals surface area contributed by atoms with Gasteiger partial charge in [-0.25, -0.2) is 0 Å². The van der Waals surface area contributed by atoms with Gasteiger partial charge in [0.25, 0.3) is 0 Å². The van der Waals surface area contributed by atoms with Crippen molar-refractivity contribution in [2.75, 3.05) is 27.2 Å². The highest BCUT2D eigenvalue weighted by molar-refractivity contribution is 5.87. The molecule has 150 valence electrons. The van der Waals surface area contributed by atoms with Crippen LogP contribution in [0.1, 0.15) is 31.0 Å². The fourth-order valence-electron chi connectivity index (χ4n) is 2.25. The summed E-state index contributed by atoms with van der Waals surface area (Å²) < 4.78 is 0. The summed E-state index contributed by atoms with van der Waals surface area (Å²) in [6.45, 7) is 6.19. The van der Waals surface area contributed by atoms with Crippen LogP contribution in [0.3, 0.4) is 0 Å². The van der Waals surface area contributed by atoms with E-state index in [0.29, 0.717) is 6.54 Å². The lowest BCUT2D eigenvalue weighted by Gasteiger charge is -2.25. The van der Waals surface area contributed by atoms with Crippen molar-refractivity contribution in [1.29, 1.82) is 0 Å². The average molecular weight is 407 g/mol. The summed E-state index contributed by atoms with van der Waals surface area (Å²) in [7, 11) is 3.94. The van der Waals surface area contributed by atoms with Crippen molar-refractivity contribution >= 4 is 36.6 Å². The van der Waals surface area contributed by atoms with Crippen molar-refractivity contribution in [3.8, 4) is 0 Å². The summed E-state index contributed by atoms with van der Waals surface area (Å²) >= 11 is 0. The number of rotatable bonds is 8. The van der Waals surface area contributed by atoms with Gasteiger partial charge in [-0.3, -0.25) is 9.59 Å². The highest BCUT2D eigenvalue weighted by atomic mass is 35.5. The van der Waals surface area contributed by atoms with Crippen LogP contribution in [0.4, 0.5) is 0 Å². The molecule has 2 amide bonds. The Labute approximate surface area is 169 Å². The molecule has 4 N–H and O–H groups in total. The van der Waals surface area contributed by atoms with Crippen molar-refractivity contribution in [2.24, 2.45) is 11.7 Å². The minimum Gasteiger partial charge on any atom is -0.353 e. The SMILES string of the molecule is Cc1ccc(C(CNC(=O)CNC(=O)[C@@H](N)C(C)C)N(C)C)cc1.Cl.Cl. The number of halogens is 2. The van der Waals surface area contributed by atoms with Crippen LogP contribution in [0, 0.1) is 12.8 Å². The molecule has 6 nitrogen and oxygen atoms in total. The molecule has 0 aliphatic carbocycles. The Balaban J connectivity index is 0. The van der Waals surface area contributed by atoms with E-state index in [2.05, 4.69) is 39.8 Å². The van der Waals surface area contributed by atoms with Gasteiger partial charge < -0.3 is 21.3 Å². The van der Waals surface area contributed by atoms with Crippen LogP contribution in [0.25, 0.3) is 0 Å². The van der Waals surface area contributed by atoms with Crippen LogP contribution >= 0.6 is 24.8 Å². The summed E-state index contributed by atoms with van der Waals surface area (Å²) in [6, 6.07) is 7.72. The van der Waals surface area contributed by atoms with Gasteiger partial charge in [-0.05, 0) is 32.5 Å². The molecular formula is C18H32Cl2N4O2. The zero-order valence-electron chi connectivity index (χ0n) is 16.1. The predicted octanol–water partition coefficient (Wildman–Crippen LogP) is 1.66. The topological polar surface area (TPSA) is 87.5 Å². The van der Waals surface area contributed by atoms with E-state index < -0.39 is 6.04 Å². The summed E-state index contributed by atoms with van der Waals surface area (Å²) in [5.41, 5.74) is 8.08. The average Bonchev–Trinajstić information content (AvgIpc) is 2.53. The predicted molar refractivity (Wildman–Crippen MR) is 111 cm³/mol. The minimum atomic E-state index is -0.597. The summed E-state index contributed by atoms with van der Waals surface area (Å²) in [5.74, 6) is -0.492. The second kappa shape index (κ2) is 12.9. The zero-order valence-corrected chi connectivity index (χ0v) is 17.7. The number of nitrogens with two attached hydrogens (primary N) is 1. The third-order valence-electron chi connectivity index (χ3n) is 4.02. The minimum absolute atomic E-state index is 0. The van der Waals surface area contributed by atoms with E-state index in [1.54, 1.807) is 0 Å². The third-order valence-corrected chi connectivity index (χ3v) is 4.02. The summed E-state index contributed by atoms with van der Waals surface area (Å²) in [5, 5.41) is 5.44. The van der Waals surface area contributed by atoms with E-state index in [0.717, 1.165) is 5.56 Å². The molecule has 1 unspecified atom stereocenters. The molecular weight excluding hydrogens is 375 g/mol. The molecule has 0 heterocycles. The first-order chi connectivity index (χ1) is 11.2. The van der Waals surface area contributed by atoms with Gasteiger partial charge in [-0.15, -0.1) is 24.8 Å². The van der Waals surface area contributed by atoms with Gasteiger partial charge in [-0.2, -0.15) is 0 Å². The molecule has 2 atom stereocenters. The molecule has 0 bridgehead atoms. The molecule has 0 aromatic heterocycles. The van der Waals surface area contributed by atoms with E-state index in [-0.39, 0.29) is 55.1 Å². The maximum atomic E-state index is 12.0. The van der Waals surface area contributed by atoms with Crippen molar-refractivity contribution in [1.82, 2.24) is 15.5 Å². The summed E-state index contributed by atoms with van der Waals surface area (Å²) in [6.07, 6.45) is 0. The standard InChI is InChI=1S/C18H30N4O2.2ClH/c1-12(2)17(19)18(24)21-11-16(23)20-10-15(22(4)5)14-8-6-13(3)7-9-14;;/h6-9,12,15,17H,10-11,19H2,1-5H3,(H,20,23)(H,21,24);2*1H/t15?,17-;;/m0../s1. The molecule has 8 heteroatoms. The van der Waals surface area contributed by atoms with Crippen LogP contribution in [0.5, 0.6) is 0 Å². The van der Waals surface area contributed by atoms with Gasteiger partial charge in [0.2, 0.25) is 11.8 Å². The molecule has 1 aromatic carbocycles. The largest absolute Gasteiger partial charge is 0.353 e. The van der Waals surface area contributed by atoms with Crippen LogP contribution in [0.2, 0.25) is 0 Å². The second-order valence-corrected chi connectivity index (χ2v) is 6.68. The normalized spacial score (nSPS) is 12.6. The van der Waals surface area contributed by atoms with Crippen LogP contribution in [-0.2, 0) is 9.59 Å². The number of carbonyl (C=O) groups is 2. The Hall–Kier alpha value is -1.34. The Kier molecular flexibility index (Phi) is 13.4. The lowest BCUT2D eigenvalue weighted by molar-refractivity contribution is -0.127. The molecule has 0 aliphatic rings. The monoisotopic (exact) mass is 406 g/mol. The van der Waals surface area contributed by atoms with Gasteiger partial charge in [-0.1, -0.05) is 43.7 Å². The maximum Gasteiger partial charge on any atom is 0.239 e. The molecule has 1 aromatic rings. The number of likely N-dealkylation sites (N-methyl/N-ethyl adjacent to an activating group) is 1. The third kappa shape index (κ3) is 8.85. The van der Waals surface area contributed by atoms with Gasteiger partial charge in [0.15, 0.2) is 0 Å². The first-order valence-corrected chi connectivity index (χ1v) is 8.25. The molecule has 0 spiro atoms. The maximum absolute atomic E-state index is 12.0. The first-order valence-electron chi connectivity index (χ1n) is 8.25. The van der Waals surface area contributed by atoms with E-state index in [1.165, 1.54) is 5.56 Å². The lowest BCUT2D eigenvalue weighted by Crippen LogP contribution is -2.47. The Morgan fingerprint density at radius 2 is 1.62 bits per heavy atom. The molecule has 1 rings (SSSR count). The number of hydrogen-bond acceptors (Lipinski definition) is 4. The number of aryl methyl sites for hydroxylation is 1. The van der Waals surface area contributed by atoms with E-state index >= 15 is 0 Å². The highest BCUT2D eigenvalue weighted by Gasteiger charge is 2.18. The van der Waals surface area contributed by atoms with Gasteiger partial charge in [0, 0.05) is 6.54 Å². The van der Waals surface area contributed by atoms with Crippen LogP contribution < -0.4 is 16.4 Å². The van der Waals surface area contributed by atoms with Crippen molar-refractivity contribution in [3.63, 3.8) is 0 Å². The Morgan fingerprint density at radius 1 is 1.08 bits per heavy atom. The highest BCUT2D eigenvalue weighted by Crippen LogP contribution is 2.17. The van der Waals surface area contributed by atoms with E-state index in [9.17, 15) is 9.59 Å². The van der Waals surface area contributed by atoms with Gasteiger partial charge in [0.05, 0.1) is 18.6 Å². The van der Waals surface area contributed by atoms with Crippen LogP contribution in [0.15, 0.2) is 24.3 Å². The van der Waals surface area contributed by atoms with Gasteiger partial charge in [0.1, 0.15) is 0 Å². The fraction of sp³-hybridized carbons (Fsp3) is 0.556. The number of amides is 2. The van der Waals surface area contributed by atoms with Crippen molar-refractivity contribution < 1.29 is 9.59 Å². The van der Waals surface area contributed by atoms with E-state index in [4.69, 9.17) is 5.73 Å². The van der Waals surface area contributed by atoms with E-state index in [1.807, 2.05) is 34.9 Å². The number of nitrogens with zero attached hydrogens (tertiary/aromatic N) is 1. The molecule has 0 radical (unpaired) electrons. The number of carbonyl (C=O) groups excluding carboxylic acids is 2. The van der Waals surface area contributed by atoms with Crippen LogP contribution in [-0.4, -0.2) is 49.9 Å². The zero-order chi connectivity index (χ0) is 18.3. The summed E-state index contributed by atoms with van der Waals surface area (Å²) in [4.78, 5) is 25.8. The smallest absolute Gasteiger partial charge is 0.239 e. The lowest BCUT2D eigenvalue weighted by atomic mass is 10.0. The molecule has 0 aliphatic heterocycles. The number of hydrogen-bond donors (Lipinski definition) is 3. The quantitative estimate of drug-likeness (QED) is 0.612. The number of nitrogens with one attached hydrogen (secondary N) is 2. The molecule has 0 saturated carbocycles. The van der Waals surface area contributed by atoms with Crippen molar-refractivity contribution in [2.45, 2.75) is 32.9 Å². The number of benzene rings is 1. The molecule has 0 fully saturated rings. The second-order valence-electron chi connectivity index (χ2n) is 6.68. The first kappa shape index (κ1) is 26.9. The Morgan fingerprint density at radius 3 is 2.08 bits per heavy atom. The van der Waals surface area contributed by atoms with Crippen molar-refractivity contribution in [3.05, 3.63) is 35.4 Å². The molecule has 26 heavy (non-hydrogen) atoms. The Bertz CT molecular complexity index is 551. The molecule has 0 saturated heterocycles. The fourth-order valence-corrected chi connectivity index (χ4v) is 2.25.